The summed E-state index contributed by atoms with van der Waals surface area (Å²) in [4.78, 5) is 25.3. The van der Waals surface area contributed by atoms with Crippen LogP contribution in [0.3, 0.4) is 0 Å². The standard InChI is InChI=1S/C25H31N3O2/c1-17(2)21-9-6-20(7-10-21)8-15-25(30)27-23-13-11-22(12-14-23)24(26)16-18(3)28(5)19(4)29/h6-15,17-18,26H,16H2,1-5H3,(H,27,30). The first kappa shape index (κ1) is 23.1. The SMILES string of the molecule is CC(=O)N(C)C(C)CC(=N)c1ccc(NC(=O)C=Cc2ccc(C(C)C)cc2)cc1. The number of rotatable bonds is 8. The molecule has 2 amide bonds. The van der Waals surface area contributed by atoms with Crippen LogP contribution in [-0.2, 0) is 9.59 Å². The van der Waals surface area contributed by atoms with E-state index in [9.17, 15) is 9.59 Å². The van der Waals surface area contributed by atoms with E-state index in [1.165, 1.54) is 18.6 Å². The van der Waals surface area contributed by atoms with Gasteiger partial charge in [0.05, 0.1) is 0 Å². The molecule has 1 unspecified atom stereocenters. The second-order valence-corrected chi connectivity index (χ2v) is 7.88. The molecule has 0 heterocycles. The van der Waals surface area contributed by atoms with E-state index in [0.29, 0.717) is 23.7 Å². The Morgan fingerprint density at radius 1 is 1.03 bits per heavy atom. The average molecular weight is 406 g/mol. The fourth-order valence-corrected chi connectivity index (χ4v) is 2.96. The normalized spacial score (nSPS) is 12.1. The molecule has 2 rings (SSSR count). The summed E-state index contributed by atoms with van der Waals surface area (Å²) in [6, 6.07) is 15.3. The van der Waals surface area contributed by atoms with Crippen LogP contribution in [0.15, 0.2) is 54.6 Å². The summed E-state index contributed by atoms with van der Waals surface area (Å²) >= 11 is 0. The largest absolute Gasteiger partial charge is 0.343 e. The van der Waals surface area contributed by atoms with Gasteiger partial charge in [-0.1, -0.05) is 50.2 Å². The molecular formula is C25H31N3O2. The van der Waals surface area contributed by atoms with E-state index >= 15 is 0 Å². The highest BCUT2D eigenvalue weighted by Crippen LogP contribution is 2.16. The van der Waals surface area contributed by atoms with Gasteiger partial charge in [0.2, 0.25) is 11.8 Å². The van der Waals surface area contributed by atoms with E-state index in [0.717, 1.165) is 11.1 Å². The molecule has 5 heteroatoms. The van der Waals surface area contributed by atoms with Gasteiger partial charge in [-0.05, 0) is 47.7 Å². The second-order valence-electron chi connectivity index (χ2n) is 7.88. The van der Waals surface area contributed by atoms with Crippen molar-refractivity contribution in [2.45, 2.75) is 46.1 Å². The molecule has 5 nitrogen and oxygen atoms in total. The summed E-state index contributed by atoms with van der Waals surface area (Å²) in [6.45, 7) is 7.74. The molecule has 0 radical (unpaired) electrons. The van der Waals surface area contributed by atoms with Crippen LogP contribution in [0.2, 0.25) is 0 Å². The lowest BCUT2D eigenvalue weighted by Gasteiger charge is -2.23. The van der Waals surface area contributed by atoms with Gasteiger partial charge in [-0.15, -0.1) is 0 Å². The van der Waals surface area contributed by atoms with Crippen molar-refractivity contribution in [3.63, 3.8) is 0 Å². The van der Waals surface area contributed by atoms with Gasteiger partial charge in [-0.3, -0.25) is 9.59 Å². The molecule has 0 bridgehead atoms. The molecule has 0 saturated heterocycles. The molecule has 30 heavy (non-hydrogen) atoms. The number of carbonyl (C=O) groups excluding carboxylic acids is 2. The zero-order valence-corrected chi connectivity index (χ0v) is 18.4. The van der Waals surface area contributed by atoms with Gasteiger partial charge in [-0.2, -0.15) is 0 Å². The van der Waals surface area contributed by atoms with Gasteiger partial charge in [0, 0.05) is 43.9 Å². The quantitative estimate of drug-likeness (QED) is 0.474. The zero-order chi connectivity index (χ0) is 22.3. The summed E-state index contributed by atoms with van der Waals surface area (Å²) in [7, 11) is 1.74. The van der Waals surface area contributed by atoms with Gasteiger partial charge in [0.1, 0.15) is 0 Å². The van der Waals surface area contributed by atoms with Crippen LogP contribution in [0, 0.1) is 5.41 Å². The highest BCUT2D eigenvalue weighted by molar-refractivity contribution is 6.03. The molecule has 0 aliphatic rings. The maximum Gasteiger partial charge on any atom is 0.248 e. The monoisotopic (exact) mass is 405 g/mol. The van der Waals surface area contributed by atoms with Crippen molar-refractivity contribution in [2.75, 3.05) is 12.4 Å². The van der Waals surface area contributed by atoms with Gasteiger partial charge >= 0.3 is 0 Å². The van der Waals surface area contributed by atoms with Crippen LogP contribution in [-0.4, -0.2) is 35.5 Å². The maximum absolute atomic E-state index is 12.2. The Hall–Kier alpha value is -3.21. The van der Waals surface area contributed by atoms with Crippen LogP contribution < -0.4 is 5.32 Å². The van der Waals surface area contributed by atoms with Crippen LogP contribution in [0.4, 0.5) is 5.69 Å². The predicted octanol–water partition coefficient (Wildman–Crippen LogP) is 5.09. The molecule has 2 aromatic carbocycles. The van der Waals surface area contributed by atoms with Crippen molar-refractivity contribution in [2.24, 2.45) is 0 Å². The van der Waals surface area contributed by atoms with Crippen LogP contribution >= 0.6 is 0 Å². The van der Waals surface area contributed by atoms with E-state index in [2.05, 4.69) is 31.3 Å². The lowest BCUT2D eigenvalue weighted by molar-refractivity contribution is -0.129. The first-order chi connectivity index (χ1) is 14.2. The highest BCUT2D eigenvalue weighted by atomic mass is 16.2. The molecule has 0 aromatic heterocycles. The third kappa shape index (κ3) is 6.69. The molecule has 2 aromatic rings. The number of hydrogen-bond acceptors (Lipinski definition) is 3. The lowest BCUT2D eigenvalue weighted by atomic mass is 10.0. The maximum atomic E-state index is 12.2. The van der Waals surface area contributed by atoms with E-state index in [-0.39, 0.29) is 17.9 Å². The summed E-state index contributed by atoms with van der Waals surface area (Å²) in [5, 5.41) is 11.1. The first-order valence-electron chi connectivity index (χ1n) is 10.2. The molecular weight excluding hydrogens is 374 g/mol. The summed E-state index contributed by atoms with van der Waals surface area (Å²) in [6.07, 6.45) is 3.77. The predicted molar refractivity (Wildman–Crippen MR) is 124 cm³/mol. The Morgan fingerprint density at radius 2 is 1.63 bits per heavy atom. The van der Waals surface area contributed by atoms with Crippen LogP contribution in [0.25, 0.3) is 6.08 Å². The van der Waals surface area contributed by atoms with Crippen molar-refractivity contribution < 1.29 is 9.59 Å². The van der Waals surface area contributed by atoms with E-state index in [4.69, 9.17) is 5.41 Å². The molecule has 158 valence electrons. The minimum atomic E-state index is -0.206. The fraction of sp³-hybridized carbons (Fsp3) is 0.320. The van der Waals surface area contributed by atoms with E-state index < -0.39 is 0 Å². The third-order valence-electron chi connectivity index (χ3n) is 5.19. The Kier molecular flexibility index (Phi) is 8.10. The van der Waals surface area contributed by atoms with Crippen molar-refractivity contribution in [3.8, 4) is 0 Å². The highest BCUT2D eigenvalue weighted by Gasteiger charge is 2.14. The molecule has 0 spiro atoms. The third-order valence-corrected chi connectivity index (χ3v) is 5.19. The van der Waals surface area contributed by atoms with Crippen molar-refractivity contribution >= 4 is 29.3 Å². The first-order valence-corrected chi connectivity index (χ1v) is 10.2. The minimum Gasteiger partial charge on any atom is -0.343 e. The molecule has 2 N–H and O–H groups in total. The minimum absolute atomic E-state index is 0.0164. The topological polar surface area (TPSA) is 73.3 Å². The van der Waals surface area contributed by atoms with Crippen molar-refractivity contribution in [3.05, 3.63) is 71.3 Å². The number of anilines is 1. The van der Waals surface area contributed by atoms with Crippen molar-refractivity contribution in [1.82, 2.24) is 4.90 Å². The number of hydrogen-bond donors (Lipinski definition) is 2. The number of carbonyl (C=O) groups is 2. The Labute approximate surface area is 179 Å². The Bertz CT molecular complexity index is 912. The van der Waals surface area contributed by atoms with E-state index in [1.54, 1.807) is 30.2 Å². The summed E-state index contributed by atoms with van der Waals surface area (Å²) in [5.41, 5.74) is 4.15. The fourth-order valence-electron chi connectivity index (χ4n) is 2.96. The van der Waals surface area contributed by atoms with Gasteiger partial charge in [0.15, 0.2) is 0 Å². The number of nitrogens with one attached hydrogen (secondary N) is 2. The molecule has 0 aliphatic heterocycles. The lowest BCUT2D eigenvalue weighted by Crippen LogP contribution is -2.34. The van der Waals surface area contributed by atoms with Crippen LogP contribution in [0.1, 0.15) is 56.7 Å². The summed E-state index contributed by atoms with van der Waals surface area (Å²) < 4.78 is 0. The zero-order valence-electron chi connectivity index (χ0n) is 18.4. The van der Waals surface area contributed by atoms with Gasteiger partial charge in [-0.25, -0.2) is 0 Å². The summed E-state index contributed by atoms with van der Waals surface area (Å²) in [5.74, 6) is 0.258. The Morgan fingerprint density at radius 3 is 2.17 bits per heavy atom. The van der Waals surface area contributed by atoms with Crippen LogP contribution in [0.5, 0.6) is 0 Å². The Balaban J connectivity index is 1.92. The van der Waals surface area contributed by atoms with E-state index in [1.807, 2.05) is 31.2 Å². The molecule has 0 fully saturated rings. The number of amides is 2. The number of nitrogens with zero attached hydrogens (tertiary/aromatic N) is 1. The number of benzene rings is 2. The second kappa shape index (κ2) is 10.5. The molecule has 1 atom stereocenters. The average Bonchev–Trinajstić information content (AvgIpc) is 2.72. The van der Waals surface area contributed by atoms with Gasteiger partial charge in [0.25, 0.3) is 0 Å². The molecule has 0 saturated carbocycles. The van der Waals surface area contributed by atoms with Crippen molar-refractivity contribution in [1.29, 1.82) is 5.41 Å². The molecule has 0 aliphatic carbocycles. The smallest absolute Gasteiger partial charge is 0.248 e. The van der Waals surface area contributed by atoms with Gasteiger partial charge < -0.3 is 15.6 Å².